The van der Waals surface area contributed by atoms with Gasteiger partial charge in [0.2, 0.25) is 10.0 Å². The first-order chi connectivity index (χ1) is 17.9. The number of nitriles is 2. The highest BCUT2D eigenvalue weighted by Gasteiger charge is 2.59. The van der Waals surface area contributed by atoms with Crippen molar-refractivity contribution in [1.29, 1.82) is 10.5 Å². The van der Waals surface area contributed by atoms with E-state index < -0.39 is 28.4 Å². The lowest BCUT2D eigenvalue weighted by molar-refractivity contribution is 0.0707. The maximum Gasteiger partial charge on any atom is 0.219 e. The zero-order valence-corrected chi connectivity index (χ0v) is 24.1. The Hall–Kier alpha value is -3.03. The summed E-state index contributed by atoms with van der Waals surface area (Å²) in [5, 5.41) is 24.8. The van der Waals surface area contributed by atoms with Gasteiger partial charge < -0.3 is 9.30 Å². The highest BCUT2D eigenvalue weighted by atomic mass is 32.2. The number of aromatic nitrogens is 4. The molecule has 0 amide bonds. The van der Waals surface area contributed by atoms with Gasteiger partial charge in [-0.25, -0.2) is 13.4 Å². The highest BCUT2D eigenvalue weighted by molar-refractivity contribution is 7.90. The number of rotatable bonds is 10. The van der Waals surface area contributed by atoms with Crippen molar-refractivity contribution in [1.82, 2.24) is 23.6 Å². The van der Waals surface area contributed by atoms with Gasteiger partial charge in [0.1, 0.15) is 24.0 Å². The van der Waals surface area contributed by atoms with Gasteiger partial charge in [-0.1, -0.05) is 19.6 Å². The molecule has 5 rings (SSSR count). The minimum absolute atomic E-state index is 0.138. The summed E-state index contributed by atoms with van der Waals surface area (Å²) in [4.78, 5) is 4.53. The number of pyridine rings is 1. The molecule has 200 valence electrons. The van der Waals surface area contributed by atoms with Crippen LogP contribution in [0.15, 0.2) is 30.9 Å². The van der Waals surface area contributed by atoms with Gasteiger partial charge in [0.05, 0.1) is 29.0 Å². The molecule has 12 heteroatoms. The van der Waals surface area contributed by atoms with Crippen LogP contribution in [-0.2, 0) is 27.0 Å². The smallest absolute Gasteiger partial charge is 0.219 e. The van der Waals surface area contributed by atoms with E-state index in [4.69, 9.17) is 4.74 Å². The lowest BCUT2D eigenvalue weighted by Gasteiger charge is -2.48. The standard InChI is InChI=1S/C26H33N7O3SSi/c1-25(6-7-25)37(34,35)32-17-26(18-32,8-9-27)33-16-21(15-30-33)23-20(13-28)14-29-24-22(23)5-10-31(24)19-36-11-12-38(2,3)4/h5,10,14-16H,6-8,11-12,17-19H2,1-4H3. The third-order valence-electron chi connectivity index (χ3n) is 7.76. The maximum atomic E-state index is 13.0. The summed E-state index contributed by atoms with van der Waals surface area (Å²) < 4.78 is 36.3. The van der Waals surface area contributed by atoms with Crippen molar-refractivity contribution in [2.75, 3.05) is 19.7 Å². The van der Waals surface area contributed by atoms with E-state index in [9.17, 15) is 18.9 Å². The van der Waals surface area contributed by atoms with Gasteiger partial charge >= 0.3 is 0 Å². The Morgan fingerprint density at radius 2 is 1.92 bits per heavy atom. The lowest BCUT2D eigenvalue weighted by atomic mass is 9.89. The molecule has 0 bridgehead atoms. The molecule has 10 nitrogen and oxygen atoms in total. The van der Waals surface area contributed by atoms with Crippen LogP contribution >= 0.6 is 0 Å². The van der Waals surface area contributed by atoms with Crippen molar-refractivity contribution in [2.45, 2.75) is 68.9 Å². The van der Waals surface area contributed by atoms with Crippen LogP contribution in [0.2, 0.25) is 25.7 Å². The van der Waals surface area contributed by atoms with E-state index >= 15 is 0 Å². The van der Waals surface area contributed by atoms with E-state index in [0.29, 0.717) is 43.0 Å². The molecule has 0 unspecified atom stereocenters. The Labute approximate surface area is 224 Å². The van der Waals surface area contributed by atoms with Crippen molar-refractivity contribution < 1.29 is 13.2 Å². The predicted molar refractivity (Wildman–Crippen MR) is 146 cm³/mol. The molecular formula is C26H33N7O3SSi. The van der Waals surface area contributed by atoms with Crippen molar-refractivity contribution in [3.8, 4) is 23.3 Å². The summed E-state index contributed by atoms with van der Waals surface area (Å²) in [5.74, 6) is 0. The summed E-state index contributed by atoms with van der Waals surface area (Å²) in [5.41, 5.74) is 1.83. The molecule has 3 aromatic rings. The third kappa shape index (κ3) is 4.56. The second-order valence-electron chi connectivity index (χ2n) is 12.0. The topological polar surface area (TPSA) is 130 Å². The second-order valence-corrected chi connectivity index (χ2v) is 20.1. The quantitative estimate of drug-likeness (QED) is 0.276. The summed E-state index contributed by atoms with van der Waals surface area (Å²) >= 11 is 0. The van der Waals surface area contributed by atoms with Gasteiger partial charge in [0.15, 0.2) is 0 Å². The summed E-state index contributed by atoms with van der Waals surface area (Å²) in [6.07, 6.45) is 8.44. The first kappa shape index (κ1) is 26.6. The van der Waals surface area contributed by atoms with Crippen molar-refractivity contribution >= 4 is 29.1 Å². The third-order valence-corrected chi connectivity index (χ3v) is 12.1. The van der Waals surface area contributed by atoms with Crippen molar-refractivity contribution in [3.05, 3.63) is 36.4 Å². The van der Waals surface area contributed by atoms with E-state index in [1.54, 1.807) is 24.0 Å². The number of nitrogens with zero attached hydrogens (tertiary/aromatic N) is 7. The summed E-state index contributed by atoms with van der Waals surface area (Å²) in [6, 6.07) is 7.46. The Kier molecular flexibility index (Phi) is 6.51. The molecule has 1 aliphatic carbocycles. The largest absolute Gasteiger partial charge is 0.361 e. The minimum atomic E-state index is -3.41. The fourth-order valence-corrected chi connectivity index (χ4v) is 7.72. The number of ether oxygens (including phenoxy) is 1. The van der Waals surface area contributed by atoms with Crippen LogP contribution < -0.4 is 0 Å². The van der Waals surface area contributed by atoms with Gasteiger partial charge in [0, 0.05) is 62.9 Å². The number of fused-ring (bicyclic) bond motifs is 1. The van der Waals surface area contributed by atoms with E-state index in [1.165, 1.54) is 4.31 Å². The van der Waals surface area contributed by atoms with Gasteiger partial charge in [-0.05, 0) is 31.9 Å². The van der Waals surface area contributed by atoms with Crippen LogP contribution in [-0.4, -0.2) is 64.6 Å². The van der Waals surface area contributed by atoms with Crippen molar-refractivity contribution in [3.63, 3.8) is 0 Å². The van der Waals surface area contributed by atoms with Gasteiger partial charge in [-0.2, -0.15) is 19.9 Å². The van der Waals surface area contributed by atoms with E-state index in [0.717, 1.165) is 17.0 Å². The molecule has 3 aromatic heterocycles. The average Bonchev–Trinajstić information content (AvgIpc) is 3.25. The van der Waals surface area contributed by atoms with Gasteiger partial charge in [0.25, 0.3) is 0 Å². The predicted octanol–water partition coefficient (Wildman–Crippen LogP) is 3.89. The van der Waals surface area contributed by atoms with Crippen LogP contribution in [0.4, 0.5) is 0 Å². The summed E-state index contributed by atoms with van der Waals surface area (Å²) in [7, 11) is -4.60. The highest BCUT2D eigenvalue weighted by Crippen LogP contribution is 2.48. The molecule has 2 fully saturated rings. The van der Waals surface area contributed by atoms with Crippen molar-refractivity contribution in [2.24, 2.45) is 0 Å². The molecule has 0 aromatic carbocycles. The molecule has 4 heterocycles. The SMILES string of the molecule is CC1(S(=O)(=O)N2CC(CC#N)(n3cc(-c4c(C#N)cnc5c4ccn5COCC[Si](C)(C)C)cn3)C2)CC1. The number of hydrogen-bond donors (Lipinski definition) is 0. The van der Waals surface area contributed by atoms with Crippen LogP contribution in [0.5, 0.6) is 0 Å². The number of hydrogen-bond acceptors (Lipinski definition) is 7. The van der Waals surface area contributed by atoms with Crippen LogP contribution in [0.25, 0.3) is 22.2 Å². The molecule has 0 radical (unpaired) electrons. The fraction of sp³-hybridized carbons (Fsp3) is 0.538. The van der Waals surface area contributed by atoms with Gasteiger partial charge in [-0.3, -0.25) is 4.68 Å². The maximum absolute atomic E-state index is 13.0. The Morgan fingerprint density at radius 1 is 1.18 bits per heavy atom. The molecule has 1 aliphatic heterocycles. The molecule has 38 heavy (non-hydrogen) atoms. The molecule has 1 saturated heterocycles. The average molecular weight is 552 g/mol. The Balaban J connectivity index is 1.42. The molecule has 0 atom stereocenters. The van der Waals surface area contributed by atoms with Crippen LogP contribution in [0.1, 0.15) is 31.7 Å². The van der Waals surface area contributed by atoms with E-state index in [1.807, 2.05) is 23.0 Å². The first-order valence-electron chi connectivity index (χ1n) is 12.8. The van der Waals surface area contributed by atoms with Crippen LogP contribution in [0.3, 0.4) is 0 Å². The molecule has 2 aliphatic rings. The van der Waals surface area contributed by atoms with E-state index in [-0.39, 0.29) is 19.5 Å². The molecular weight excluding hydrogens is 518 g/mol. The normalized spacial score (nSPS) is 18.6. The fourth-order valence-electron chi connectivity index (χ4n) is 4.90. The zero-order valence-electron chi connectivity index (χ0n) is 22.3. The molecule has 0 spiro atoms. The molecule has 1 saturated carbocycles. The van der Waals surface area contributed by atoms with E-state index in [2.05, 4.69) is 41.9 Å². The second kappa shape index (κ2) is 9.31. The minimum Gasteiger partial charge on any atom is -0.361 e. The zero-order chi connectivity index (χ0) is 27.3. The number of sulfonamides is 1. The van der Waals surface area contributed by atoms with Crippen LogP contribution in [0, 0.1) is 22.7 Å². The lowest BCUT2D eigenvalue weighted by Crippen LogP contribution is -2.65. The monoisotopic (exact) mass is 551 g/mol. The summed E-state index contributed by atoms with van der Waals surface area (Å²) in [6.45, 7) is 10.2. The molecule has 0 N–H and O–H groups in total. The van der Waals surface area contributed by atoms with Gasteiger partial charge in [-0.15, -0.1) is 0 Å². The Morgan fingerprint density at radius 3 is 2.55 bits per heavy atom. The first-order valence-corrected chi connectivity index (χ1v) is 18.0. The Bertz CT molecular complexity index is 1560.